The molecule has 0 unspecified atom stereocenters. The van der Waals surface area contributed by atoms with Crippen LogP contribution in [-0.4, -0.2) is 25.7 Å². The van der Waals surface area contributed by atoms with Gasteiger partial charge in [-0.05, 0) is 18.3 Å². The van der Waals surface area contributed by atoms with Gasteiger partial charge in [0, 0.05) is 0 Å². The highest BCUT2D eigenvalue weighted by Gasteiger charge is 2.68. The van der Waals surface area contributed by atoms with Crippen LogP contribution in [0.1, 0.15) is 6.42 Å². The highest BCUT2D eigenvalue weighted by molar-refractivity contribution is 5.90. The number of carbonyl (C=O) groups is 2. The maximum atomic E-state index is 11.9. The van der Waals surface area contributed by atoms with Crippen LogP contribution in [0.5, 0.6) is 0 Å². The summed E-state index contributed by atoms with van der Waals surface area (Å²) in [5.41, 5.74) is -0.717. The lowest BCUT2D eigenvalue weighted by Gasteiger charge is -2.29. The van der Waals surface area contributed by atoms with Gasteiger partial charge >= 0.3 is 11.9 Å². The van der Waals surface area contributed by atoms with Crippen LogP contribution < -0.4 is 0 Å². The van der Waals surface area contributed by atoms with Gasteiger partial charge < -0.3 is 9.47 Å². The minimum atomic E-state index is -0.717. The van der Waals surface area contributed by atoms with E-state index in [1.165, 1.54) is 7.11 Å². The van der Waals surface area contributed by atoms with Gasteiger partial charge in [0.2, 0.25) is 0 Å². The normalized spacial score (nSPS) is 45.4. The summed E-state index contributed by atoms with van der Waals surface area (Å²) in [5, 5.41) is 0. The van der Waals surface area contributed by atoms with Gasteiger partial charge in [-0.2, -0.15) is 0 Å². The Hall–Kier alpha value is -1.32. The van der Waals surface area contributed by atoms with Gasteiger partial charge in [0.05, 0.1) is 13.0 Å². The molecule has 2 fully saturated rings. The number of ether oxygens (including phenoxy) is 2. The van der Waals surface area contributed by atoms with Gasteiger partial charge in [-0.3, -0.25) is 9.59 Å². The first-order valence-corrected chi connectivity index (χ1v) is 5.13. The minimum absolute atomic E-state index is 0.117. The summed E-state index contributed by atoms with van der Waals surface area (Å²) in [6.07, 6.45) is 4.94. The van der Waals surface area contributed by atoms with Crippen molar-refractivity contribution in [3.05, 3.63) is 12.2 Å². The molecule has 1 saturated heterocycles. The van der Waals surface area contributed by atoms with Gasteiger partial charge in [-0.25, -0.2) is 0 Å². The Morgan fingerprint density at radius 3 is 3.13 bits per heavy atom. The first-order valence-electron chi connectivity index (χ1n) is 5.13. The zero-order valence-corrected chi connectivity index (χ0v) is 8.43. The van der Waals surface area contributed by atoms with Gasteiger partial charge in [-0.1, -0.05) is 12.2 Å². The van der Waals surface area contributed by atoms with Crippen molar-refractivity contribution in [1.29, 1.82) is 0 Å². The number of carbonyl (C=O) groups excluding carboxylic acids is 2. The number of fused-ring (bicyclic) bond motifs is 5. The van der Waals surface area contributed by atoms with Crippen molar-refractivity contribution < 1.29 is 19.1 Å². The van der Waals surface area contributed by atoms with Crippen LogP contribution in [0, 0.1) is 23.2 Å². The SMILES string of the molecule is COC(=O)[C@@]12COC(=O)[C@@H]1[C@@H]1C=C[C@H]2C1. The van der Waals surface area contributed by atoms with Gasteiger partial charge in [0.25, 0.3) is 0 Å². The average Bonchev–Trinajstić information content (AvgIpc) is 2.89. The average molecular weight is 208 g/mol. The summed E-state index contributed by atoms with van der Waals surface area (Å²) in [5.74, 6) is -0.553. The lowest BCUT2D eigenvalue weighted by atomic mass is 9.70. The number of hydrogen-bond donors (Lipinski definition) is 0. The second-order valence-electron chi connectivity index (χ2n) is 4.51. The van der Waals surface area contributed by atoms with Crippen molar-refractivity contribution in [2.75, 3.05) is 13.7 Å². The van der Waals surface area contributed by atoms with Crippen molar-refractivity contribution >= 4 is 11.9 Å². The molecule has 80 valence electrons. The number of rotatable bonds is 1. The number of esters is 2. The molecule has 0 aromatic rings. The molecule has 2 bridgehead atoms. The molecular formula is C11H12O4. The van der Waals surface area contributed by atoms with Crippen LogP contribution >= 0.6 is 0 Å². The zero-order chi connectivity index (χ0) is 10.6. The van der Waals surface area contributed by atoms with E-state index in [4.69, 9.17) is 9.47 Å². The summed E-state index contributed by atoms with van der Waals surface area (Å²) in [6.45, 7) is 0.189. The number of hydrogen-bond acceptors (Lipinski definition) is 4. The fourth-order valence-corrected chi connectivity index (χ4v) is 3.36. The maximum absolute atomic E-state index is 11.9. The second kappa shape index (κ2) is 2.62. The topological polar surface area (TPSA) is 52.6 Å². The van der Waals surface area contributed by atoms with Crippen LogP contribution in [0.2, 0.25) is 0 Å². The van der Waals surface area contributed by atoms with Gasteiger partial charge in [0.15, 0.2) is 0 Å². The molecule has 4 heteroatoms. The number of methoxy groups -OCH3 is 1. The highest BCUT2D eigenvalue weighted by atomic mass is 16.6. The first-order chi connectivity index (χ1) is 7.20. The summed E-state index contributed by atoms with van der Waals surface area (Å²) in [6, 6.07) is 0. The molecule has 0 N–H and O–H groups in total. The van der Waals surface area contributed by atoms with Crippen LogP contribution in [0.3, 0.4) is 0 Å². The molecule has 0 aromatic heterocycles. The molecule has 0 amide bonds. The van der Waals surface area contributed by atoms with E-state index in [2.05, 4.69) is 0 Å². The Kier molecular flexibility index (Phi) is 1.56. The monoisotopic (exact) mass is 208 g/mol. The van der Waals surface area contributed by atoms with E-state index < -0.39 is 5.41 Å². The van der Waals surface area contributed by atoms with E-state index in [9.17, 15) is 9.59 Å². The van der Waals surface area contributed by atoms with E-state index in [0.717, 1.165) is 6.42 Å². The molecule has 1 heterocycles. The summed E-state index contributed by atoms with van der Waals surface area (Å²) < 4.78 is 9.88. The molecule has 0 spiro atoms. The second-order valence-corrected chi connectivity index (χ2v) is 4.51. The predicted octanol–water partition coefficient (Wildman–Crippen LogP) is 0.525. The minimum Gasteiger partial charge on any atom is -0.468 e. The Bertz CT molecular complexity index is 373. The fourth-order valence-electron chi connectivity index (χ4n) is 3.36. The van der Waals surface area contributed by atoms with E-state index in [0.29, 0.717) is 0 Å². The molecule has 4 nitrogen and oxygen atoms in total. The standard InChI is InChI=1S/C11H12O4/c1-14-10(13)11-5-15-9(12)8(11)6-2-3-7(11)4-6/h2-3,6-8H,4-5H2,1H3/t6-,7+,8+,11-/m1/s1. The molecule has 0 aromatic carbocycles. The van der Waals surface area contributed by atoms with Crippen molar-refractivity contribution in [2.45, 2.75) is 6.42 Å². The molecule has 2 aliphatic carbocycles. The fraction of sp³-hybridized carbons (Fsp3) is 0.636. The van der Waals surface area contributed by atoms with Crippen LogP contribution in [-0.2, 0) is 19.1 Å². The summed E-state index contributed by atoms with van der Waals surface area (Å²) in [7, 11) is 1.37. The third kappa shape index (κ3) is 0.833. The van der Waals surface area contributed by atoms with E-state index in [1.54, 1.807) is 0 Å². The van der Waals surface area contributed by atoms with E-state index in [-0.39, 0.29) is 36.3 Å². The molecular weight excluding hydrogens is 196 g/mol. The third-order valence-electron chi connectivity index (χ3n) is 4.03. The highest BCUT2D eigenvalue weighted by Crippen LogP contribution is 2.59. The number of allylic oxidation sites excluding steroid dienone is 2. The number of cyclic esters (lactones) is 1. The van der Waals surface area contributed by atoms with Crippen molar-refractivity contribution in [1.82, 2.24) is 0 Å². The molecule has 3 rings (SSSR count). The van der Waals surface area contributed by atoms with Crippen LogP contribution in [0.4, 0.5) is 0 Å². The van der Waals surface area contributed by atoms with Crippen molar-refractivity contribution in [2.24, 2.45) is 23.2 Å². The molecule has 1 saturated carbocycles. The van der Waals surface area contributed by atoms with Gasteiger partial charge in [0.1, 0.15) is 12.0 Å². The van der Waals surface area contributed by atoms with E-state index in [1.807, 2.05) is 12.2 Å². The summed E-state index contributed by atoms with van der Waals surface area (Å²) in [4.78, 5) is 23.5. The Balaban J connectivity index is 2.09. The van der Waals surface area contributed by atoms with Crippen molar-refractivity contribution in [3.8, 4) is 0 Å². The Labute approximate surface area is 87.2 Å². The smallest absolute Gasteiger partial charge is 0.316 e. The maximum Gasteiger partial charge on any atom is 0.316 e. The quantitative estimate of drug-likeness (QED) is 0.466. The molecule has 15 heavy (non-hydrogen) atoms. The third-order valence-corrected chi connectivity index (χ3v) is 4.03. The Morgan fingerprint density at radius 2 is 2.40 bits per heavy atom. The first kappa shape index (κ1) is 8.95. The van der Waals surface area contributed by atoms with Crippen LogP contribution in [0.15, 0.2) is 12.2 Å². The molecule has 4 atom stereocenters. The lowest BCUT2D eigenvalue weighted by molar-refractivity contribution is -0.156. The van der Waals surface area contributed by atoms with Gasteiger partial charge in [-0.15, -0.1) is 0 Å². The predicted molar refractivity (Wildman–Crippen MR) is 49.6 cm³/mol. The largest absolute Gasteiger partial charge is 0.468 e. The Morgan fingerprint density at radius 1 is 1.60 bits per heavy atom. The van der Waals surface area contributed by atoms with E-state index >= 15 is 0 Å². The van der Waals surface area contributed by atoms with Crippen molar-refractivity contribution in [3.63, 3.8) is 0 Å². The lowest BCUT2D eigenvalue weighted by Crippen LogP contribution is -2.43. The molecule has 1 aliphatic heterocycles. The molecule has 0 radical (unpaired) electrons. The summed E-state index contributed by atoms with van der Waals surface area (Å²) >= 11 is 0. The zero-order valence-electron chi connectivity index (χ0n) is 8.43. The molecule has 3 aliphatic rings. The van der Waals surface area contributed by atoms with Crippen LogP contribution in [0.25, 0.3) is 0 Å².